The summed E-state index contributed by atoms with van der Waals surface area (Å²) in [7, 11) is 0. The lowest BCUT2D eigenvalue weighted by Crippen LogP contribution is -2.31. The number of hydrogen-bond acceptors (Lipinski definition) is 5. The van der Waals surface area contributed by atoms with Gasteiger partial charge in [0, 0.05) is 18.3 Å². The van der Waals surface area contributed by atoms with Gasteiger partial charge in [0.2, 0.25) is 0 Å². The highest BCUT2D eigenvalue weighted by Crippen LogP contribution is 2.30. The zero-order chi connectivity index (χ0) is 22.7. The summed E-state index contributed by atoms with van der Waals surface area (Å²) in [6.45, 7) is 0. The maximum Gasteiger partial charge on any atom is 0.274 e. The maximum absolute atomic E-state index is 14.3. The van der Waals surface area contributed by atoms with Gasteiger partial charge in [0.05, 0.1) is 17.9 Å². The van der Waals surface area contributed by atoms with Crippen molar-refractivity contribution >= 4 is 11.6 Å². The van der Waals surface area contributed by atoms with Crippen molar-refractivity contribution in [2.24, 2.45) is 5.73 Å². The number of benzene rings is 1. The molecule has 3 N–H and O–H groups in total. The Morgan fingerprint density at radius 2 is 1.72 bits per heavy atom. The molecule has 0 bridgehead atoms. The lowest BCUT2D eigenvalue weighted by Gasteiger charge is -2.27. The van der Waals surface area contributed by atoms with Crippen LogP contribution in [0.3, 0.4) is 0 Å². The molecule has 4 rings (SSSR count). The highest BCUT2D eigenvalue weighted by molar-refractivity contribution is 6.03. The Labute approximate surface area is 182 Å². The molecule has 0 radical (unpaired) electrons. The molecule has 0 atom stereocenters. The van der Waals surface area contributed by atoms with Crippen molar-refractivity contribution in [3.8, 4) is 17.0 Å². The Morgan fingerprint density at radius 1 is 1.00 bits per heavy atom. The van der Waals surface area contributed by atoms with Gasteiger partial charge in [-0.2, -0.15) is 0 Å². The first-order valence-electron chi connectivity index (χ1n) is 10.2. The lowest BCUT2D eigenvalue weighted by atomic mass is 9.94. The molecule has 0 saturated heterocycles. The Kier molecular flexibility index (Phi) is 6.36. The number of pyridine rings is 2. The van der Waals surface area contributed by atoms with Gasteiger partial charge in [-0.15, -0.1) is 0 Å². The fraction of sp³-hybridized carbons (Fsp3) is 0.261. The molecule has 9 heteroatoms. The Morgan fingerprint density at radius 3 is 2.44 bits per heavy atom. The quantitative estimate of drug-likeness (QED) is 0.609. The van der Waals surface area contributed by atoms with Gasteiger partial charge < -0.3 is 15.8 Å². The fourth-order valence-corrected chi connectivity index (χ4v) is 3.62. The van der Waals surface area contributed by atoms with E-state index in [0.29, 0.717) is 11.4 Å². The predicted octanol–water partition coefficient (Wildman–Crippen LogP) is 4.46. The number of hydrogen-bond donors (Lipinski definition) is 2. The minimum atomic E-state index is -0.982. The number of nitrogens with zero attached hydrogens (tertiary/aromatic N) is 2. The molecule has 6 nitrogen and oxygen atoms in total. The number of aromatic nitrogens is 2. The molecule has 0 spiro atoms. The van der Waals surface area contributed by atoms with Gasteiger partial charge in [-0.3, -0.25) is 9.78 Å². The van der Waals surface area contributed by atoms with E-state index in [1.807, 2.05) is 0 Å². The second-order valence-corrected chi connectivity index (χ2v) is 7.60. The number of nitrogens with one attached hydrogen (secondary N) is 1. The summed E-state index contributed by atoms with van der Waals surface area (Å²) < 4.78 is 48.5. The molecule has 32 heavy (non-hydrogen) atoms. The molecule has 3 aromatic rings. The monoisotopic (exact) mass is 442 g/mol. The van der Waals surface area contributed by atoms with Crippen molar-refractivity contribution in [3.05, 3.63) is 71.9 Å². The smallest absolute Gasteiger partial charge is 0.274 e. The minimum absolute atomic E-state index is 0.0348. The van der Waals surface area contributed by atoms with Crippen LogP contribution in [0, 0.1) is 17.5 Å². The van der Waals surface area contributed by atoms with Gasteiger partial charge in [0.25, 0.3) is 5.91 Å². The molecular weight excluding hydrogens is 421 g/mol. The van der Waals surface area contributed by atoms with Crippen molar-refractivity contribution in [1.82, 2.24) is 9.97 Å². The zero-order valence-corrected chi connectivity index (χ0v) is 17.0. The van der Waals surface area contributed by atoms with Gasteiger partial charge in [0.1, 0.15) is 40.3 Å². The summed E-state index contributed by atoms with van der Waals surface area (Å²) in [6.07, 6.45) is 6.23. The number of ether oxygens (including phenoxy) is 1. The molecule has 1 saturated carbocycles. The van der Waals surface area contributed by atoms with E-state index in [4.69, 9.17) is 10.5 Å². The van der Waals surface area contributed by atoms with Crippen LogP contribution in [0.2, 0.25) is 0 Å². The molecular formula is C23H21F3N4O2. The second kappa shape index (κ2) is 9.35. The van der Waals surface area contributed by atoms with E-state index >= 15 is 0 Å². The summed E-state index contributed by atoms with van der Waals surface area (Å²) in [5.41, 5.74) is 4.79. The zero-order valence-electron chi connectivity index (χ0n) is 17.0. The maximum atomic E-state index is 14.3. The first-order chi connectivity index (χ1) is 15.4. The van der Waals surface area contributed by atoms with Crippen LogP contribution >= 0.6 is 0 Å². The molecule has 1 amide bonds. The van der Waals surface area contributed by atoms with E-state index in [9.17, 15) is 18.0 Å². The minimum Gasteiger partial charge on any atom is -0.488 e. The summed E-state index contributed by atoms with van der Waals surface area (Å²) in [6, 6.07) is 7.01. The van der Waals surface area contributed by atoms with Crippen molar-refractivity contribution in [2.75, 3.05) is 5.32 Å². The highest BCUT2D eigenvalue weighted by Gasteiger charge is 2.23. The van der Waals surface area contributed by atoms with Gasteiger partial charge in [-0.25, -0.2) is 18.2 Å². The van der Waals surface area contributed by atoms with E-state index in [-0.39, 0.29) is 17.8 Å². The van der Waals surface area contributed by atoms with Gasteiger partial charge in [0.15, 0.2) is 0 Å². The summed E-state index contributed by atoms with van der Waals surface area (Å²) in [5, 5.41) is 2.63. The van der Waals surface area contributed by atoms with Crippen LogP contribution in [0.25, 0.3) is 11.3 Å². The third kappa shape index (κ3) is 4.72. The van der Waals surface area contributed by atoms with Crippen LogP contribution in [0.1, 0.15) is 36.2 Å². The second-order valence-electron chi connectivity index (χ2n) is 7.60. The summed E-state index contributed by atoms with van der Waals surface area (Å²) in [5.74, 6) is -3.19. The topological polar surface area (TPSA) is 90.1 Å². The lowest BCUT2D eigenvalue weighted by molar-refractivity contribution is 0.102. The average Bonchev–Trinajstić information content (AvgIpc) is 2.77. The number of anilines is 1. The van der Waals surface area contributed by atoms with Crippen LogP contribution in [-0.4, -0.2) is 28.0 Å². The van der Waals surface area contributed by atoms with Crippen molar-refractivity contribution < 1.29 is 22.7 Å². The van der Waals surface area contributed by atoms with Crippen LogP contribution < -0.4 is 15.8 Å². The SMILES string of the molecule is N[C@H]1CC[C@H](Oc2ccncc2NC(=O)c2ccc(F)c(-c3c(F)cccc3F)n2)CC1. The molecule has 0 aliphatic heterocycles. The third-order valence-corrected chi connectivity index (χ3v) is 5.32. The number of nitrogens with two attached hydrogens (primary N) is 1. The third-order valence-electron chi connectivity index (χ3n) is 5.32. The normalized spacial score (nSPS) is 18.2. The highest BCUT2D eigenvalue weighted by atomic mass is 19.1. The first kappa shape index (κ1) is 21.8. The van der Waals surface area contributed by atoms with Gasteiger partial charge in [-0.05, 0) is 49.9 Å². The van der Waals surface area contributed by atoms with E-state index < -0.39 is 34.6 Å². The van der Waals surface area contributed by atoms with E-state index in [2.05, 4.69) is 15.3 Å². The fourth-order valence-electron chi connectivity index (χ4n) is 3.62. The molecule has 0 unspecified atom stereocenters. The van der Waals surface area contributed by atoms with E-state index in [0.717, 1.165) is 56.0 Å². The van der Waals surface area contributed by atoms with Gasteiger partial charge >= 0.3 is 0 Å². The van der Waals surface area contributed by atoms with E-state index in [1.54, 1.807) is 6.07 Å². The van der Waals surface area contributed by atoms with Crippen molar-refractivity contribution in [1.29, 1.82) is 0 Å². The summed E-state index contributed by atoms with van der Waals surface area (Å²) in [4.78, 5) is 20.7. The Bertz CT molecular complexity index is 1110. The molecule has 1 aliphatic rings. The predicted molar refractivity (Wildman–Crippen MR) is 113 cm³/mol. The number of rotatable bonds is 5. The number of carbonyl (C=O) groups excluding carboxylic acids is 1. The molecule has 166 valence electrons. The Hall–Kier alpha value is -3.46. The molecule has 2 aromatic heterocycles. The molecule has 1 aliphatic carbocycles. The Balaban J connectivity index is 1.57. The van der Waals surface area contributed by atoms with Gasteiger partial charge in [-0.1, -0.05) is 6.07 Å². The van der Waals surface area contributed by atoms with Crippen molar-refractivity contribution in [2.45, 2.75) is 37.8 Å². The molecule has 2 heterocycles. The number of amides is 1. The van der Waals surface area contributed by atoms with Crippen LogP contribution in [0.15, 0.2) is 48.8 Å². The number of carbonyl (C=O) groups is 1. The molecule has 1 aromatic carbocycles. The standard InChI is InChI=1S/C23H21F3N4O2/c24-15-2-1-3-16(25)21(15)22-17(26)8-9-18(29-22)23(31)30-19-12-28-11-10-20(19)32-14-6-4-13(27)5-7-14/h1-3,8-14H,4-7,27H2,(H,30,31)/t13-,14-. The van der Waals surface area contributed by atoms with Crippen LogP contribution in [-0.2, 0) is 0 Å². The van der Waals surface area contributed by atoms with Crippen molar-refractivity contribution in [3.63, 3.8) is 0 Å². The van der Waals surface area contributed by atoms with E-state index in [1.165, 1.54) is 12.4 Å². The largest absolute Gasteiger partial charge is 0.488 e. The number of halogens is 3. The first-order valence-corrected chi connectivity index (χ1v) is 10.2. The van der Waals surface area contributed by atoms with Crippen LogP contribution in [0.5, 0.6) is 5.75 Å². The average molecular weight is 442 g/mol. The van der Waals surface area contributed by atoms with Crippen LogP contribution in [0.4, 0.5) is 18.9 Å². The summed E-state index contributed by atoms with van der Waals surface area (Å²) >= 11 is 0. The molecule has 1 fully saturated rings.